The summed E-state index contributed by atoms with van der Waals surface area (Å²) in [5.74, 6) is -0.801. The molecule has 90 valence electrons. The third kappa shape index (κ3) is 2.82. The van der Waals surface area contributed by atoms with E-state index in [-0.39, 0.29) is 0 Å². The van der Waals surface area contributed by atoms with Crippen LogP contribution in [0.15, 0.2) is 6.20 Å². The number of aliphatic carboxylic acids is 1. The molecule has 0 amide bonds. The van der Waals surface area contributed by atoms with Gasteiger partial charge in [0.15, 0.2) is 0 Å². The summed E-state index contributed by atoms with van der Waals surface area (Å²) in [6.45, 7) is 4.35. The Labute approximate surface area is 95.7 Å². The fraction of sp³-hybridized carbons (Fsp3) is 0.636. The first kappa shape index (κ1) is 12.7. The Morgan fingerprint density at radius 2 is 2.31 bits per heavy atom. The average Bonchev–Trinajstić information content (AvgIpc) is 2.57. The molecule has 0 aliphatic rings. The summed E-state index contributed by atoms with van der Waals surface area (Å²) in [6, 6.07) is -0.482. The van der Waals surface area contributed by atoms with Crippen LogP contribution in [-0.2, 0) is 24.8 Å². The number of nitrogens with zero attached hydrogens (tertiary/aromatic N) is 3. The lowest BCUT2D eigenvalue weighted by Crippen LogP contribution is -2.35. The van der Waals surface area contributed by atoms with Crippen LogP contribution < -0.4 is 0 Å². The number of carboxylic acids is 1. The van der Waals surface area contributed by atoms with E-state index in [4.69, 9.17) is 5.11 Å². The van der Waals surface area contributed by atoms with Gasteiger partial charge in [0.2, 0.25) is 0 Å². The summed E-state index contributed by atoms with van der Waals surface area (Å²) in [6.07, 6.45) is 2.81. The maximum absolute atomic E-state index is 10.8. The first-order chi connectivity index (χ1) is 7.45. The molecule has 0 saturated heterocycles. The minimum Gasteiger partial charge on any atom is -0.480 e. The lowest BCUT2D eigenvalue weighted by Gasteiger charge is -2.20. The third-order valence-electron chi connectivity index (χ3n) is 2.76. The summed E-state index contributed by atoms with van der Waals surface area (Å²) >= 11 is 0. The minimum atomic E-state index is -0.801. The number of carboxylic acid groups (broad SMARTS) is 1. The quantitative estimate of drug-likeness (QED) is 0.808. The van der Waals surface area contributed by atoms with E-state index >= 15 is 0 Å². The van der Waals surface area contributed by atoms with Crippen molar-refractivity contribution in [2.45, 2.75) is 32.9 Å². The SMILES string of the molecule is CCc1nn(C)cc1CN(C)C(C)C(=O)O. The number of carbonyl (C=O) groups is 1. The molecule has 1 atom stereocenters. The summed E-state index contributed by atoms with van der Waals surface area (Å²) in [5, 5.41) is 13.2. The Bertz CT molecular complexity index is 373. The van der Waals surface area contributed by atoms with Crippen LogP contribution in [0, 0.1) is 0 Å². The van der Waals surface area contributed by atoms with Gasteiger partial charge in [-0.25, -0.2) is 0 Å². The minimum absolute atomic E-state index is 0.482. The summed E-state index contributed by atoms with van der Waals surface area (Å²) in [7, 11) is 3.69. The number of aromatic nitrogens is 2. The zero-order chi connectivity index (χ0) is 12.3. The van der Waals surface area contributed by atoms with Crippen LogP contribution >= 0.6 is 0 Å². The normalized spacial score (nSPS) is 13.1. The summed E-state index contributed by atoms with van der Waals surface area (Å²) < 4.78 is 1.77. The van der Waals surface area contributed by atoms with Crippen molar-refractivity contribution in [1.29, 1.82) is 0 Å². The van der Waals surface area contributed by atoms with Gasteiger partial charge in [0.25, 0.3) is 0 Å². The predicted octanol–water partition coefficient (Wildman–Crippen LogP) is 0.887. The van der Waals surface area contributed by atoms with Crippen molar-refractivity contribution >= 4 is 5.97 Å². The van der Waals surface area contributed by atoms with Crippen LogP contribution in [0.25, 0.3) is 0 Å². The molecule has 1 unspecified atom stereocenters. The van der Waals surface area contributed by atoms with Gasteiger partial charge in [0.05, 0.1) is 5.69 Å². The van der Waals surface area contributed by atoms with Gasteiger partial charge in [-0.05, 0) is 20.4 Å². The van der Waals surface area contributed by atoms with Crippen LogP contribution in [0.1, 0.15) is 25.1 Å². The van der Waals surface area contributed by atoms with Gasteiger partial charge >= 0.3 is 5.97 Å². The molecule has 5 nitrogen and oxygen atoms in total. The second kappa shape index (κ2) is 5.12. The molecule has 0 saturated carbocycles. The lowest BCUT2D eigenvalue weighted by molar-refractivity contribution is -0.142. The maximum Gasteiger partial charge on any atom is 0.320 e. The summed E-state index contributed by atoms with van der Waals surface area (Å²) in [5.41, 5.74) is 2.13. The van der Waals surface area contributed by atoms with Gasteiger partial charge in [0.1, 0.15) is 6.04 Å². The molecule has 1 aromatic heterocycles. The Morgan fingerprint density at radius 3 is 2.81 bits per heavy atom. The molecule has 1 rings (SSSR count). The number of hydrogen-bond donors (Lipinski definition) is 1. The first-order valence-electron chi connectivity index (χ1n) is 5.40. The van der Waals surface area contributed by atoms with Gasteiger partial charge in [0, 0.05) is 25.4 Å². The fourth-order valence-electron chi connectivity index (χ4n) is 1.61. The van der Waals surface area contributed by atoms with E-state index < -0.39 is 12.0 Å². The van der Waals surface area contributed by atoms with Crippen molar-refractivity contribution in [1.82, 2.24) is 14.7 Å². The number of hydrogen-bond acceptors (Lipinski definition) is 3. The van der Waals surface area contributed by atoms with Crippen LogP contribution in [0.2, 0.25) is 0 Å². The molecular weight excluding hydrogens is 206 g/mol. The highest BCUT2D eigenvalue weighted by atomic mass is 16.4. The van der Waals surface area contributed by atoms with Gasteiger partial charge < -0.3 is 5.11 Å². The van der Waals surface area contributed by atoms with Crippen molar-refractivity contribution in [3.8, 4) is 0 Å². The third-order valence-corrected chi connectivity index (χ3v) is 2.76. The van der Waals surface area contributed by atoms with E-state index in [0.29, 0.717) is 6.54 Å². The van der Waals surface area contributed by atoms with Crippen molar-refractivity contribution < 1.29 is 9.90 Å². The topological polar surface area (TPSA) is 58.4 Å². The Balaban J connectivity index is 2.75. The Morgan fingerprint density at radius 1 is 1.69 bits per heavy atom. The zero-order valence-electron chi connectivity index (χ0n) is 10.3. The molecule has 0 spiro atoms. The van der Waals surface area contributed by atoms with Crippen molar-refractivity contribution in [2.24, 2.45) is 7.05 Å². The average molecular weight is 225 g/mol. The van der Waals surface area contributed by atoms with Gasteiger partial charge in [-0.2, -0.15) is 5.10 Å². The van der Waals surface area contributed by atoms with Crippen molar-refractivity contribution in [2.75, 3.05) is 7.05 Å². The highest BCUT2D eigenvalue weighted by molar-refractivity contribution is 5.72. The van der Waals surface area contributed by atoms with Gasteiger partial charge in [-0.3, -0.25) is 14.4 Å². The Hall–Kier alpha value is -1.36. The van der Waals surface area contributed by atoms with E-state index in [9.17, 15) is 4.79 Å². The predicted molar refractivity (Wildman–Crippen MR) is 61.2 cm³/mol. The molecule has 0 radical (unpaired) electrons. The van der Waals surface area contributed by atoms with Crippen LogP contribution in [-0.4, -0.2) is 38.8 Å². The number of aryl methyl sites for hydroxylation is 2. The molecule has 16 heavy (non-hydrogen) atoms. The van der Waals surface area contributed by atoms with E-state index in [1.165, 1.54) is 0 Å². The molecule has 1 N–H and O–H groups in total. The van der Waals surface area contributed by atoms with Gasteiger partial charge in [-0.1, -0.05) is 6.92 Å². The monoisotopic (exact) mass is 225 g/mol. The molecule has 0 aliphatic carbocycles. The molecule has 1 heterocycles. The smallest absolute Gasteiger partial charge is 0.320 e. The fourth-order valence-corrected chi connectivity index (χ4v) is 1.61. The number of rotatable bonds is 5. The highest BCUT2D eigenvalue weighted by Crippen LogP contribution is 2.11. The second-order valence-corrected chi connectivity index (χ2v) is 4.06. The van der Waals surface area contributed by atoms with Crippen molar-refractivity contribution in [3.63, 3.8) is 0 Å². The Kier molecular flexibility index (Phi) is 4.06. The standard InChI is InChI=1S/C11H19N3O2/c1-5-10-9(7-14(4)12-10)6-13(3)8(2)11(15)16/h7-8H,5-6H2,1-4H3,(H,15,16). The molecule has 0 aliphatic heterocycles. The largest absolute Gasteiger partial charge is 0.480 e. The molecule has 5 heteroatoms. The van der Waals surface area contributed by atoms with Gasteiger partial charge in [-0.15, -0.1) is 0 Å². The van der Waals surface area contributed by atoms with E-state index in [0.717, 1.165) is 17.7 Å². The number of likely N-dealkylation sites (N-methyl/N-ethyl adjacent to an activating group) is 1. The molecular formula is C11H19N3O2. The lowest BCUT2D eigenvalue weighted by atomic mass is 10.2. The molecule has 0 aromatic carbocycles. The highest BCUT2D eigenvalue weighted by Gasteiger charge is 2.18. The molecule has 1 aromatic rings. The van der Waals surface area contributed by atoms with E-state index in [1.807, 2.05) is 27.2 Å². The van der Waals surface area contributed by atoms with Crippen LogP contribution in [0.4, 0.5) is 0 Å². The van der Waals surface area contributed by atoms with Crippen LogP contribution in [0.5, 0.6) is 0 Å². The maximum atomic E-state index is 10.8. The molecule has 0 bridgehead atoms. The van der Waals surface area contributed by atoms with E-state index in [2.05, 4.69) is 5.10 Å². The van der Waals surface area contributed by atoms with Crippen LogP contribution in [0.3, 0.4) is 0 Å². The first-order valence-corrected chi connectivity index (χ1v) is 5.40. The second-order valence-electron chi connectivity index (χ2n) is 4.06. The van der Waals surface area contributed by atoms with Crippen molar-refractivity contribution in [3.05, 3.63) is 17.5 Å². The van der Waals surface area contributed by atoms with E-state index in [1.54, 1.807) is 16.5 Å². The molecule has 0 fully saturated rings. The zero-order valence-corrected chi connectivity index (χ0v) is 10.3. The summed E-state index contributed by atoms with van der Waals surface area (Å²) in [4.78, 5) is 12.6.